The molecule has 0 saturated carbocycles. The molecule has 0 saturated heterocycles. The zero-order valence-electron chi connectivity index (χ0n) is 13.4. The van der Waals surface area contributed by atoms with Crippen molar-refractivity contribution in [2.75, 3.05) is 5.32 Å². The summed E-state index contributed by atoms with van der Waals surface area (Å²) in [6.07, 6.45) is 0. The molecule has 3 aromatic rings. The highest BCUT2D eigenvalue weighted by atomic mass is 35.5. The summed E-state index contributed by atoms with van der Waals surface area (Å²) in [5, 5.41) is 15.0. The van der Waals surface area contributed by atoms with E-state index in [4.69, 9.17) is 23.2 Å². The number of halogens is 3. The second-order valence-corrected chi connectivity index (χ2v) is 6.50. The Labute approximate surface area is 159 Å². The van der Waals surface area contributed by atoms with Gasteiger partial charge < -0.3 is 5.32 Å². The second kappa shape index (κ2) is 7.72. The lowest BCUT2D eigenvalue weighted by Gasteiger charge is -2.13. The minimum atomic E-state index is -0.462. The molecule has 0 heterocycles. The van der Waals surface area contributed by atoms with Crippen LogP contribution in [0.1, 0.15) is 5.56 Å². The van der Waals surface area contributed by atoms with Gasteiger partial charge in [-0.15, -0.1) is 0 Å². The first kappa shape index (κ1) is 18.2. The highest BCUT2D eigenvalue weighted by Crippen LogP contribution is 2.31. The third-order valence-electron chi connectivity index (χ3n) is 3.78. The summed E-state index contributed by atoms with van der Waals surface area (Å²) in [4.78, 5) is 10.3. The highest BCUT2D eigenvalue weighted by Gasteiger charge is 2.10. The van der Waals surface area contributed by atoms with Crippen LogP contribution in [-0.2, 0) is 6.54 Å². The molecule has 4 nitrogen and oxygen atoms in total. The predicted molar refractivity (Wildman–Crippen MR) is 102 cm³/mol. The predicted octanol–water partition coefficient (Wildman–Crippen LogP) is 6.32. The Balaban J connectivity index is 1.89. The van der Waals surface area contributed by atoms with Crippen LogP contribution in [0.4, 0.5) is 15.8 Å². The number of rotatable bonds is 5. The third-order valence-corrected chi connectivity index (χ3v) is 4.21. The molecule has 0 aliphatic rings. The van der Waals surface area contributed by atoms with Crippen molar-refractivity contribution in [1.82, 2.24) is 0 Å². The number of nitrogens with zero attached hydrogens (tertiary/aromatic N) is 1. The number of nitrogens with one attached hydrogen (secondary N) is 1. The molecule has 26 heavy (non-hydrogen) atoms. The molecule has 0 fully saturated rings. The van der Waals surface area contributed by atoms with Gasteiger partial charge in [-0.05, 0) is 59.7 Å². The number of hydrogen-bond donors (Lipinski definition) is 1. The lowest BCUT2D eigenvalue weighted by molar-refractivity contribution is -0.384. The summed E-state index contributed by atoms with van der Waals surface area (Å²) in [6, 6.07) is 15.6. The summed E-state index contributed by atoms with van der Waals surface area (Å²) in [5.74, 6) is -0.387. The van der Waals surface area contributed by atoms with Gasteiger partial charge in [-0.2, -0.15) is 0 Å². The molecule has 0 aliphatic heterocycles. The first-order valence-corrected chi connectivity index (χ1v) is 8.41. The van der Waals surface area contributed by atoms with Crippen molar-refractivity contribution in [3.8, 4) is 11.1 Å². The Morgan fingerprint density at radius 3 is 2.23 bits per heavy atom. The van der Waals surface area contributed by atoms with Gasteiger partial charge in [-0.3, -0.25) is 10.1 Å². The van der Waals surface area contributed by atoms with E-state index in [1.807, 2.05) is 0 Å². The molecule has 0 bridgehead atoms. The number of nitro groups is 1. The number of non-ortho nitro benzene ring substituents is 1. The molecule has 0 atom stereocenters. The highest BCUT2D eigenvalue weighted by molar-refractivity contribution is 6.34. The molecule has 0 unspecified atom stereocenters. The molecular weight excluding hydrogens is 378 g/mol. The van der Waals surface area contributed by atoms with E-state index in [1.165, 1.54) is 24.3 Å². The first-order chi connectivity index (χ1) is 12.4. The topological polar surface area (TPSA) is 55.2 Å². The van der Waals surface area contributed by atoms with Gasteiger partial charge in [0.05, 0.1) is 4.92 Å². The molecule has 0 amide bonds. The quantitative estimate of drug-likeness (QED) is 0.409. The minimum Gasteiger partial charge on any atom is -0.380 e. The third kappa shape index (κ3) is 4.31. The zero-order valence-corrected chi connectivity index (χ0v) is 14.9. The first-order valence-electron chi connectivity index (χ1n) is 7.65. The molecule has 7 heteroatoms. The summed E-state index contributed by atoms with van der Waals surface area (Å²) in [6.45, 7) is 0.393. The maximum Gasteiger partial charge on any atom is 0.269 e. The standard InChI is InChI=1S/C19H13Cl2FN2O2/c20-14-7-12(8-15(21)9-14)11-23-19-10-16(22)3-6-18(19)13-1-4-17(5-2-13)24(25)26/h1-10,23H,11H2. The Bertz CT molecular complexity index is 942. The lowest BCUT2D eigenvalue weighted by atomic mass is 10.0. The van der Waals surface area contributed by atoms with Gasteiger partial charge in [0.1, 0.15) is 5.82 Å². The van der Waals surface area contributed by atoms with Gasteiger partial charge in [0.2, 0.25) is 0 Å². The Kier molecular flexibility index (Phi) is 5.40. The van der Waals surface area contributed by atoms with Crippen LogP contribution < -0.4 is 5.32 Å². The van der Waals surface area contributed by atoms with Gasteiger partial charge in [0.25, 0.3) is 5.69 Å². The van der Waals surface area contributed by atoms with Crippen molar-refractivity contribution in [3.63, 3.8) is 0 Å². The van der Waals surface area contributed by atoms with Crippen LogP contribution in [0.25, 0.3) is 11.1 Å². The molecule has 132 valence electrons. The summed E-state index contributed by atoms with van der Waals surface area (Å²) in [5.41, 5.74) is 2.88. The Morgan fingerprint density at radius 1 is 0.962 bits per heavy atom. The maximum atomic E-state index is 13.7. The van der Waals surface area contributed by atoms with Crippen LogP contribution in [0.3, 0.4) is 0 Å². The second-order valence-electron chi connectivity index (χ2n) is 5.63. The van der Waals surface area contributed by atoms with Crippen LogP contribution in [0.5, 0.6) is 0 Å². The number of hydrogen-bond acceptors (Lipinski definition) is 3. The van der Waals surface area contributed by atoms with Crippen LogP contribution in [0.15, 0.2) is 60.7 Å². The summed E-state index contributed by atoms with van der Waals surface area (Å²) in [7, 11) is 0. The van der Waals surface area contributed by atoms with E-state index in [9.17, 15) is 14.5 Å². The van der Waals surface area contributed by atoms with E-state index < -0.39 is 4.92 Å². The van der Waals surface area contributed by atoms with Gasteiger partial charge >= 0.3 is 0 Å². The number of anilines is 1. The van der Waals surface area contributed by atoms with E-state index in [2.05, 4.69) is 5.32 Å². The Hall–Kier alpha value is -2.63. The van der Waals surface area contributed by atoms with Crippen molar-refractivity contribution in [1.29, 1.82) is 0 Å². The van der Waals surface area contributed by atoms with Crippen molar-refractivity contribution < 1.29 is 9.31 Å². The van der Waals surface area contributed by atoms with E-state index >= 15 is 0 Å². The minimum absolute atomic E-state index is 0.000981. The van der Waals surface area contributed by atoms with E-state index in [0.29, 0.717) is 22.3 Å². The molecule has 3 rings (SSSR count). The summed E-state index contributed by atoms with van der Waals surface area (Å²) >= 11 is 12.0. The van der Waals surface area contributed by atoms with E-state index in [0.717, 1.165) is 16.7 Å². The van der Waals surface area contributed by atoms with E-state index in [1.54, 1.807) is 36.4 Å². The molecule has 0 spiro atoms. The fourth-order valence-corrected chi connectivity index (χ4v) is 3.16. The van der Waals surface area contributed by atoms with E-state index in [-0.39, 0.29) is 11.5 Å². The van der Waals surface area contributed by atoms with Crippen molar-refractivity contribution in [2.45, 2.75) is 6.54 Å². The maximum absolute atomic E-state index is 13.7. The lowest BCUT2D eigenvalue weighted by Crippen LogP contribution is -2.02. The monoisotopic (exact) mass is 390 g/mol. The van der Waals surface area contributed by atoms with Crippen molar-refractivity contribution in [2.24, 2.45) is 0 Å². The van der Waals surface area contributed by atoms with Gasteiger partial charge in [-0.25, -0.2) is 4.39 Å². The molecule has 1 N–H and O–H groups in total. The largest absolute Gasteiger partial charge is 0.380 e. The van der Waals surface area contributed by atoms with Crippen molar-refractivity contribution in [3.05, 3.63) is 92.2 Å². The molecular formula is C19H13Cl2FN2O2. The normalized spacial score (nSPS) is 10.6. The van der Waals surface area contributed by atoms with Crippen LogP contribution in [0.2, 0.25) is 10.0 Å². The van der Waals surface area contributed by atoms with Crippen molar-refractivity contribution >= 4 is 34.6 Å². The van der Waals surface area contributed by atoms with Crippen LogP contribution in [-0.4, -0.2) is 4.92 Å². The molecule has 0 aromatic heterocycles. The average molecular weight is 391 g/mol. The molecule has 0 aliphatic carbocycles. The zero-order chi connectivity index (χ0) is 18.7. The fraction of sp³-hybridized carbons (Fsp3) is 0.0526. The number of benzene rings is 3. The average Bonchev–Trinajstić information content (AvgIpc) is 2.59. The van der Waals surface area contributed by atoms with Crippen LogP contribution in [0, 0.1) is 15.9 Å². The number of nitro benzene ring substituents is 1. The molecule has 3 aromatic carbocycles. The molecule has 0 radical (unpaired) electrons. The fourth-order valence-electron chi connectivity index (χ4n) is 2.59. The smallest absolute Gasteiger partial charge is 0.269 e. The van der Waals surface area contributed by atoms with Gasteiger partial charge in [0.15, 0.2) is 0 Å². The summed E-state index contributed by atoms with van der Waals surface area (Å²) < 4.78 is 13.7. The SMILES string of the molecule is O=[N+]([O-])c1ccc(-c2ccc(F)cc2NCc2cc(Cl)cc(Cl)c2)cc1. The Morgan fingerprint density at radius 2 is 1.62 bits per heavy atom. The van der Waals surface area contributed by atoms with Gasteiger partial charge in [-0.1, -0.05) is 23.2 Å². The van der Waals surface area contributed by atoms with Crippen LogP contribution >= 0.6 is 23.2 Å². The van der Waals surface area contributed by atoms with Gasteiger partial charge in [0, 0.05) is 40.0 Å².